The van der Waals surface area contributed by atoms with Gasteiger partial charge in [0.25, 0.3) is 20.2 Å². The van der Waals surface area contributed by atoms with Crippen LogP contribution >= 0.6 is 11.8 Å². The number of nitrogen functional groups attached to an aromatic ring is 2. The molecule has 22 nitrogen and oxygen atoms in total. The van der Waals surface area contributed by atoms with Gasteiger partial charge in [-0.05, 0) is 112 Å². The lowest BCUT2D eigenvalue weighted by Crippen LogP contribution is -2.39. The Balaban J connectivity index is 0.000000486. The van der Waals surface area contributed by atoms with Crippen molar-refractivity contribution in [3.63, 3.8) is 0 Å². The van der Waals surface area contributed by atoms with Crippen LogP contribution in [0.2, 0.25) is 0 Å². The van der Waals surface area contributed by atoms with Crippen LogP contribution in [0, 0.1) is 16.7 Å². The van der Waals surface area contributed by atoms with Crippen LogP contribution in [-0.2, 0) is 29.8 Å². The first kappa shape index (κ1) is 62.1. The number of rotatable bonds is 21. The van der Waals surface area contributed by atoms with Crippen molar-refractivity contribution < 1.29 is 75.6 Å². The summed E-state index contributed by atoms with van der Waals surface area (Å²) in [5.41, 5.74) is 14.9. The molecule has 14 N–H and O–H groups in total. The molecule has 0 aromatic heterocycles. The minimum absolute atomic E-state index is 0.0579. The number of benzene rings is 4. The zero-order valence-corrected chi connectivity index (χ0v) is 41.3. The van der Waals surface area contributed by atoms with Crippen molar-refractivity contribution >= 4 is 67.0 Å². The molecule has 388 valence electrons. The lowest BCUT2D eigenvalue weighted by molar-refractivity contribution is -0.165. The molecule has 25 heteroatoms. The van der Waals surface area contributed by atoms with Gasteiger partial charge in [0.1, 0.15) is 23.2 Å². The Labute approximate surface area is 412 Å². The molecule has 0 spiro atoms. The third kappa shape index (κ3) is 26.2. The number of ether oxygens (including phenoxy) is 2. The van der Waals surface area contributed by atoms with Crippen LogP contribution in [0.15, 0.2) is 107 Å². The van der Waals surface area contributed by atoms with E-state index in [1.165, 1.54) is 21.2 Å². The quantitative estimate of drug-likeness (QED) is 0.0247. The van der Waals surface area contributed by atoms with E-state index >= 15 is 0 Å². The van der Waals surface area contributed by atoms with E-state index in [1.807, 2.05) is 36.0 Å². The maximum Gasteiger partial charge on any atom is 0.335 e. The lowest BCUT2D eigenvalue weighted by Gasteiger charge is -2.35. The Kier molecular flexibility index (Phi) is 28.5. The first-order chi connectivity index (χ1) is 32.8. The average molecular weight is 1040 g/mol. The van der Waals surface area contributed by atoms with Crippen LogP contribution in [0.5, 0.6) is 11.5 Å². The number of hydrogen-bond donors (Lipinski definition) is 12. The molecule has 0 bridgehead atoms. The Morgan fingerprint density at radius 3 is 1.30 bits per heavy atom. The van der Waals surface area contributed by atoms with Gasteiger partial charge in [0.2, 0.25) is 0 Å². The number of anilines is 2. The van der Waals surface area contributed by atoms with Gasteiger partial charge >= 0.3 is 11.9 Å². The fraction of sp³-hybridized carbons (Fsp3) is 0.378. The highest BCUT2D eigenvalue weighted by molar-refractivity contribution is 7.99. The summed E-state index contributed by atoms with van der Waals surface area (Å²) in [5, 5.41) is 62.9. The molecule has 3 atom stereocenters. The van der Waals surface area contributed by atoms with Gasteiger partial charge in [0.05, 0.1) is 49.3 Å². The summed E-state index contributed by atoms with van der Waals surface area (Å²) in [6.07, 6.45) is -1.63. The lowest BCUT2D eigenvalue weighted by atomic mass is 10.1. The predicted octanol–water partition coefficient (Wildman–Crippen LogP) is 2.98. The summed E-state index contributed by atoms with van der Waals surface area (Å²) in [6.45, 7) is 4.71. The SMILES string of the molecule is CC(CN(C)C)CN1c2ccccc2Sc2ccccc21.N=C(N)c1ccc(OCCCCCOc2ccc(C(=N)N)cc2)cc1.O=C(O)C(O)C(O)C(=O)O.O=S(=O)(O)CCO.O=S(=O)(O)CCO. The van der Waals surface area contributed by atoms with Crippen molar-refractivity contribution in [1.82, 2.24) is 4.90 Å². The van der Waals surface area contributed by atoms with Gasteiger partial charge in [-0.15, -0.1) is 0 Å². The van der Waals surface area contributed by atoms with Gasteiger partial charge in [-0.2, -0.15) is 16.8 Å². The minimum Gasteiger partial charge on any atom is -0.494 e. The van der Waals surface area contributed by atoms with Gasteiger partial charge in [-0.25, -0.2) is 9.59 Å². The topological polar surface area (TPSA) is 389 Å². The number of nitrogens with one attached hydrogen (secondary N) is 2. The number of aliphatic hydroxyl groups excluding tert-OH is 4. The number of aliphatic carboxylic acids is 2. The van der Waals surface area contributed by atoms with Crippen LogP contribution in [-0.4, -0.2) is 162 Å². The van der Waals surface area contributed by atoms with E-state index in [0.717, 1.165) is 43.9 Å². The summed E-state index contributed by atoms with van der Waals surface area (Å²) in [5.74, 6) is -2.39. The third-order valence-electron chi connectivity index (χ3n) is 8.86. The van der Waals surface area contributed by atoms with E-state index < -0.39 is 69.1 Å². The number of aliphatic hydroxyl groups is 4. The molecule has 0 radical (unpaired) electrons. The molecule has 70 heavy (non-hydrogen) atoms. The standard InChI is InChI=1S/C19H24N4O2.C18H22N2S.C4H6O6.2C2H6O4S/c20-18(21)14-4-8-16(9-5-14)24-12-2-1-3-13-25-17-10-6-15(7-11-17)19(22)23;1-14(12-19(2)3)13-20-15-8-4-6-10-17(15)21-18-11-7-5-9-16(18)20;5-1(3(7)8)2(6)4(9)10;2*3-1-2-7(4,5)6/h4-11H,1-3,12-13H2,(H3,20,21)(H3,22,23);4-11,14H,12-13H2,1-3H3;1-2,5-6H,(H,7,8)(H,9,10);2*3H,1-2H2,(H,4,5,6). The molecular weight excluding hydrogens is 977 g/mol. The Morgan fingerprint density at radius 2 is 1.01 bits per heavy atom. The molecule has 0 fully saturated rings. The van der Waals surface area contributed by atoms with E-state index in [9.17, 15) is 26.4 Å². The third-order valence-corrected chi connectivity index (χ3v) is 11.4. The normalized spacial score (nSPS) is 12.7. The summed E-state index contributed by atoms with van der Waals surface area (Å²) in [4.78, 5) is 27.0. The molecule has 1 aliphatic rings. The Hall–Kier alpha value is -5.87. The molecule has 1 heterocycles. The highest BCUT2D eigenvalue weighted by Gasteiger charge is 2.29. The van der Waals surface area contributed by atoms with Crippen molar-refractivity contribution in [3.8, 4) is 11.5 Å². The molecule has 4 aromatic rings. The van der Waals surface area contributed by atoms with Gasteiger partial charge in [0, 0.05) is 34.0 Å². The first-order valence-electron chi connectivity index (χ1n) is 21.2. The fourth-order valence-corrected chi connectivity index (χ4v) is 7.25. The summed E-state index contributed by atoms with van der Waals surface area (Å²) in [6, 6.07) is 31.9. The molecule has 1 aliphatic heterocycles. The van der Waals surface area contributed by atoms with Crippen molar-refractivity contribution in [1.29, 1.82) is 10.8 Å². The summed E-state index contributed by atoms with van der Waals surface area (Å²) in [7, 11) is -3.56. The van der Waals surface area contributed by atoms with Crippen molar-refractivity contribution in [2.24, 2.45) is 17.4 Å². The van der Waals surface area contributed by atoms with E-state index in [4.69, 9.17) is 71.5 Å². The summed E-state index contributed by atoms with van der Waals surface area (Å²) < 4.78 is 65.5. The maximum absolute atomic E-state index is 9.77. The zero-order chi connectivity index (χ0) is 53.0. The van der Waals surface area contributed by atoms with E-state index in [1.54, 1.807) is 24.3 Å². The number of carboxylic acid groups (broad SMARTS) is 2. The zero-order valence-electron chi connectivity index (χ0n) is 38.9. The van der Waals surface area contributed by atoms with Crippen molar-refractivity contribution in [2.45, 2.75) is 48.2 Å². The number of fused-ring (bicyclic) bond motifs is 2. The number of para-hydroxylation sites is 2. The molecule has 0 saturated carbocycles. The van der Waals surface area contributed by atoms with Gasteiger partial charge < -0.3 is 61.4 Å². The first-order valence-corrected chi connectivity index (χ1v) is 25.2. The molecule has 5 rings (SSSR count). The Morgan fingerprint density at radius 1 is 0.657 bits per heavy atom. The number of nitrogens with zero attached hydrogens (tertiary/aromatic N) is 2. The van der Waals surface area contributed by atoms with Crippen LogP contribution in [0.1, 0.15) is 37.3 Å². The number of amidine groups is 2. The molecule has 4 aromatic carbocycles. The number of nitrogens with two attached hydrogens (primary N) is 2. The molecule has 0 aliphatic carbocycles. The fourth-order valence-electron chi connectivity index (χ4n) is 5.69. The second-order valence-electron chi connectivity index (χ2n) is 15.2. The van der Waals surface area contributed by atoms with E-state index in [2.05, 4.69) is 79.3 Å². The second kappa shape index (κ2) is 32.1. The number of carbonyl (C=O) groups is 2. The van der Waals surface area contributed by atoms with Crippen LogP contribution < -0.4 is 25.8 Å². The number of carboxylic acids is 2. The molecule has 0 amide bonds. The van der Waals surface area contributed by atoms with Crippen LogP contribution in [0.25, 0.3) is 0 Å². The second-order valence-corrected chi connectivity index (χ2v) is 19.5. The number of hydrogen-bond acceptors (Lipinski definition) is 17. The van der Waals surface area contributed by atoms with E-state index in [0.29, 0.717) is 30.3 Å². The largest absolute Gasteiger partial charge is 0.494 e. The van der Waals surface area contributed by atoms with Gasteiger partial charge in [-0.1, -0.05) is 43.0 Å². The smallest absolute Gasteiger partial charge is 0.335 e. The van der Waals surface area contributed by atoms with Crippen molar-refractivity contribution in [2.75, 3.05) is 70.0 Å². The van der Waals surface area contributed by atoms with Gasteiger partial charge in [0.15, 0.2) is 12.2 Å². The molecular formula is C45H64N6O16S3. The maximum atomic E-state index is 9.77. The molecule has 0 saturated heterocycles. The van der Waals surface area contributed by atoms with Crippen LogP contribution in [0.4, 0.5) is 11.4 Å². The van der Waals surface area contributed by atoms with Crippen LogP contribution in [0.3, 0.4) is 0 Å². The van der Waals surface area contributed by atoms with Gasteiger partial charge in [-0.3, -0.25) is 19.9 Å². The number of unbranched alkanes of at least 4 members (excludes halogenated alkanes) is 2. The van der Waals surface area contributed by atoms with E-state index in [-0.39, 0.29) is 11.7 Å². The Bertz CT molecular complexity index is 2290. The summed E-state index contributed by atoms with van der Waals surface area (Å²) >= 11 is 1.88. The van der Waals surface area contributed by atoms with Crippen molar-refractivity contribution in [3.05, 3.63) is 108 Å². The average Bonchev–Trinajstić information content (AvgIpc) is 3.28. The monoisotopic (exact) mass is 1040 g/mol. The highest BCUT2D eigenvalue weighted by atomic mass is 32.2. The predicted molar refractivity (Wildman–Crippen MR) is 266 cm³/mol. The molecule has 3 unspecified atom stereocenters. The highest BCUT2D eigenvalue weighted by Crippen LogP contribution is 2.48. The minimum atomic E-state index is -3.92.